The van der Waals surface area contributed by atoms with Crippen LogP contribution < -0.4 is 5.32 Å². The number of hydrogen-bond acceptors (Lipinski definition) is 3. The minimum absolute atomic E-state index is 0. The van der Waals surface area contributed by atoms with Crippen LogP contribution in [-0.2, 0) is 23.4 Å². The van der Waals surface area contributed by atoms with Gasteiger partial charge in [0.2, 0.25) is 5.91 Å². The summed E-state index contributed by atoms with van der Waals surface area (Å²) in [6.07, 6.45) is 4.36. The zero-order chi connectivity index (χ0) is 13.8. The largest absolute Gasteiger partial charge is 0.396 e. The Bertz CT molecular complexity index is 208. The summed E-state index contributed by atoms with van der Waals surface area (Å²) < 4.78 is 0. The van der Waals surface area contributed by atoms with Crippen molar-refractivity contribution < 1.29 is 28.5 Å². The smallest absolute Gasteiger partial charge is 0.216 e. The maximum Gasteiger partial charge on any atom is 0.216 e. The van der Waals surface area contributed by atoms with E-state index in [2.05, 4.69) is 10.2 Å². The molecule has 1 aliphatic rings. The number of rotatable bonds is 6. The molecule has 113 valence electrons. The number of amides is 1. The number of nitrogens with zero attached hydrogens (tertiary/aromatic N) is 1. The summed E-state index contributed by atoms with van der Waals surface area (Å²) >= 11 is 0. The molecule has 5 heteroatoms. The van der Waals surface area contributed by atoms with Gasteiger partial charge in [0.25, 0.3) is 0 Å². The zero-order valence-electron chi connectivity index (χ0n) is 12.7. The van der Waals surface area contributed by atoms with Crippen molar-refractivity contribution in [3.05, 3.63) is 0 Å². The molecule has 0 saturated carbocycles. The number of unbranched alkanes of at least 4 members (excludes halogenated alkanes) is 1. The van der Waals surface area contributed by atoms with Crippen molar-refractivity contribution in [1.82, 2.24) is 10.2 Å². The third kappa shape index (κ3) is 11.5. The Balaban J connectivity index is 0. The fourth-order valence-corrected chi connectivity index (χ4v) is 2.15. The molecule has 19 heavy (non-hydrogen) atoms. The topological polar surface area (TPSA) is 52.6 Å². The first kappa shape index (κ1) is 21.3. The molecule has 2 N–H and O–H groups in total. The molecule has 1 rings (SSSR count). The Morgan fingerprint density at radius 3 is 2.32 bits per heavy atom. The number of aliphatic hydroxyl groups is 1. The Morgan fingerprint density at radius 2 is 1.84 bits per heavy atom. The molecule has 1 saturated heterocycles. The van der Waals surface area contributed by atoms with Gasteiger partial charge in [0, 0.05) is 38.6 Å². The zero-order valence-corrected chi connectivity index (χ0v) is 14.1. The van der Waals surface area contributed by atoms with Gasteiger partial charge in [-0.25, -0.2) is 0 Å². The molecule has 0 aromatic carbocycles. The molecular weight excluding hydrogens is 279 g/mol. The second kappa shape index (κ2) is 14.4. The van der Waals surface area contributed by atoms with E-state index in [0.717, 1.165) is 39.0 Å². The summed E-state index contributed by atoms with van der Waals surface area (Å²) in [6, 6.07) is 0. The van der Waals surface area contributed by atoms with Crippen molar-refractivity contribution in [1.29, 1.82) is 0 Å². The number of carbonyl (C=O) groups is 1. The minimum atomic E-state index is 0. The number of likely N-dealkylation sites (tertiary alicyclic amines) is 1. The average molecular weight is 309 g/mol. The SMILES string of the molecule is CC.CC(=O)NCC1CCN(CCCCO)CC1.[V]. The first-order valence-corrected chi connectivity index (χ1v) is 7.30. The Morgan fingerprint density at radius 1 is 1.26 bits per heavy atom. The number of carbonyl (C=O) groups excluding carboxylic acids is 1. The van der Waals surface area contributed by atoms with Crippen LogP contribution in [0, 0.1) is 5.92 Å². The molecule has 1 aliphatic heterocycles. The quantitative estimate of drug-likeness (QED) is 0.733. The molecule has 1 fully saturated rings. The van der Waals surface area contributed by atoms with Gasteiger partial charge in [0.05, 0.1) is 0 Å². The summed E-state index contributed by atoms with van der Waals surface area (Å²) in [4.78, 5) is 13.2. The van der Waals surface area contributed by atoms with Crippen molar-refractivity contribution in [2.45, 2.75) is 46.5 Å². The number of nitrogens with one attached hydrogen (secondary N) is 1. The molecule has 1 amide bonds. The number of piperidine rings is 1. The predicted molar refractivity (Wildman–Crippen MR) is 75.5 cm³/mol. The van der Waals surface area contributed by atoms with Gasteiger partial charge >= 0.3 is 0 Å². The molecule has 0 atom stereocenters. The Hall–Kier alpha value is -0.0256. The molecule has 0 unspecified atom stereocenters. The van der Waals surface area contributed by atoms with E-state index < -0.39 is 0 Å². The molecule has 0 aromatic rings. The van der Waals surface area contributed by atoms with Crippen LogP contribution in [0.2, 0.25) is 0 Å². The van der Waals surface area contributed by atoms with Crippen LogP contribution in [0.4, 0.5) is 0 Å². The normalized spacial score (nSPS) is 16.0. The van der Waals surface area contributed by atoms with Crippen molar-refractivity contribution >= 4 is 5.91 Å². The fourth-order valence-electron chi connectivity index (χ4n) is 2.15. The van der Waals surface area contributed by atoms with E-state index in [9.17, 15) is 4.79 Å². The summed E-state index contributed by atoms with van der Waals surface area (Å²) in [5, 5.41) is 11.6. The molecule has 0 spiro atoms. The number of aliphatic hydroxyl groups excluding tert-OH is 1. The Labute approximate surface area is 130 Å². The summed E-state index contributed by atoms with van der Waals surface area (Å²) in [5.41, 5.74) is 0. The van der Waals surface area contributed by atoms with Crippen LogP contribution in [-0.4, -0.2) is 48.7 Å². The second-order valence-corrected chi connectivity index (χ2v) is 4.65. The maximum absolute atomic E-state index is 10.8. The predicted octanol–water partition coefficient (Wildman–Crippen LogP) is 1.63. The fraction of sp³-hybridized carbons (Fsp3) is 0.929. The van der Waals surface area contributed by atoms with E-state index in [1.165, 1.54) is 12.8 Å². The van der Waals surface area contributed by atoms with Crippen LogP contribution in [0.3, 0.4) is 0 Å². The van der Waals surface area contributed by atoms with Gasteiger partial charge in [0.1, 0.15) is 0 Å². The van der Waals surface area contributed by atoms with Crippen LogP contribution >= 0.6 is 0 Å². The molecule has 1 heterocycles. The molecule has 0 aliphatic carbocycles. The standard InChI is InChI=1S/C12H24N2O2.C2H6.V/c1-11(16)13-10-12-4-7-14(8-5-12)6-2-3-9-15;1-2;/h12,15H,2-10H2,1H3,(H,13,16);1-2H3;. The van der Waals surface area contributed by atoms with Gasteiger partial charge in [-0.15, -0.1) is 0 Å². The number of hydrogen-bond donors (Lipinski definition) is 2. The first-order valence-electron chi connectivity index (χ1n) is 7.30. The van der Waals surface area contributed by atoms with Gasteiger partial charge in [0.15, 0.2) is 0 Å². The van der Waals surface area contributed by atoms with E-state index in [0.29, 0.717) is 12.5 Å². The second-order valence-electron chi connectivity index (χ2n) is 4.65. The van der Waals surface area contributed by atoms with Crippen molar-refractivity contribution in [2.24, 2.45) is 5.92 Å². The van der Waals surface area contributed by atoms with Crippen LogP contribution in [0.5, 0.6) is 0 Å². The van der Waals surface area contributed by atoms with Crippen molar-refractivity contribution in [2.75, 3.05) is 32.8 Å². The van der Waals surface area contributed by atoms with E-state index >= 15 is 0 Å². The van der Waals surface area contributed by atoms with Crippen LogP contribution in [0.15, 0.2) is 0 Å². The van der Waals surface area contributed by atoms with Gasteiger partial charge < -0.3 is 15.3 Å². The minimum Gasteiger partial charge on any atom is -0.396 e. The molecule has 4 nitrogen and oxygen atoms in total. The van der Waals surface area contributed by atoms with Crippen molar-refractivity contribution in [3.63, 3.8) is 0 Å². The molecule has 0 bridgehead atoms. The van der Waals surface area contributed by atoms with E-state index in [1.54, 1.807) is 6.92 Å². The van der Waals surface area contributed by atoms with Crippen LogP contribution in [0.25, 0.3) is 0 Å². The molecule has 1 radical (unpaired) electrons. The van der Waals surface area contributed by atoms with Gasteiger partial charge in [-0.1, -0.05) is 13.8 Å². The first-order chi connectivity index (χ1) is 8.72. The third-order valence-electron chi connectivity index (χ3n) is 3.23. The van der Waals surface area contributed by atoms with Gasteiger partial charge in [-0.05, 0) is 51.2 Å². The maximum atomic E-state index is 10.8. The van der Waals surface area contributed by atoms with Crippen LogP contribution in [0.1, 0.15) is 46.5 Å². The van der Waals surface area contributed by atoms with E-state index in [-0.39, 0.29) is 24.5 Å². The average Bonchev–Trinajstić information content (AvgIpc) is 2.40. The third-order valence-corrected chi connectivity index (χ3v) is 3.23. The van der Waals surface area contributed by atoms with Gasteiger partial charge in [-0.2, -0.15) is 0 Å². The van der Waals surface area contributed by atoms with Gasteiger partial charge in [-0.3, -0.25) is 4.79 Å². The summed E-state index contributed by atoms with van der Waals surface area (Å²) in [5.74, 6) is 0.725. The Kier molecular flexibility index (Phi) is 16.1. The molecular formula is C14H30N2O2V. The monoisotopic (exact) mass is 309 g/mol. The van der Waals surface area contributed by atoms with Crippen molar-refractivity contribution in [3.8, 4) is 0 Å². The van der Waals surface area contributed by atoms with E-state index in [4.69, 9.17) is 5.11 Å². The summed E-state index contributed by atoms with van der Waals surface area (Å²) in [7, 11) is 0. The molecule has 0 aromatic heterocycles. The van der Waals surface area contributed by atoms with E-state index in [1.807, 2.05) is 13.8 Å². The summed E-state index contributed by atoms with van der Waals surface area (Å²) in [6.45, 7) is 10.1.